The van der Waals surface area contributed by atoms with Gasteiger partial charge in [-0.05, 0) is 72.7 Å². The Labute approximate surface area is 178 Å². The zero-order valence-electron chi connectivity index (χ0n) is 16.1. The number of carbonyl (C=O) groups excluding carboxylic acids is 1. The highest BCUT2D eigenvalue weighted by Crippen LogP contribution is 2.29. The molecule has 0 bridgehead atoms. The van der Waals surface area contributed by atoms with E-state index in [4.69, 9.17) is 9.73 Å². The molecule has 0 aliphatic carbocycles. The normalized spacial score (nSPS) is 15.0. The molecule has 4 nitrogen and oxygen atoms in total. The number of rotatable bonds is 4. The van der Waals surface area contributed by atoms with E-state index in [0.717, 1.165) is 32.6 Å². The number of methoxy groups -OCH3 is 1. The lowest BCUT2D eigenvalue weighted by Crippen LogP contribution is -2.32. The summed E-state index contributed by atoms with van der Waals surface area (Å²) in [5.74, 6) is 1.21. The maximum atomic E-state index is 13.3. The van der Waals surface area contributed by atoms with Gasteiger partial charge in [-0.15, -0.1) is 0 Å². The van der Waals surface area contributed by atoms with Crippen molar-refractivity contribution in [1.82, 2.24) is 0 Å². The van der Waals surface area contributed by atoms with Gasteiger partial charge in [0.2, 0.25) is 0 Å². The Morgan fingerprint density at radius 2 is 1.76 bits per heavy atom. The lowest BCUT2D eigenvalue weighted by Gasteiger charge is -2.19. The molecule has 0 fully saturated rings. The highest BCUT2D eigenvalue weighted by Gasteiger charge is 2.32. The minimum Gasteiger partial charge on any atom is -0.497 e. The Kier molecular flexibility index (Phi) is 5.32. The summed E-state index contributed by atoms with van der Waals surface area (Å²) in [6.07, 6.45) is 1.81. The van der Waals surface area contributed by atoms with E-state index < -0.39 is 0 Å². The van der Waals surface area contributed by atoms with E-state index in [0.29, 0.717) is 11.5 Å². The maximum absolute atomic E-state index is 13.3. The summed E-state index contributed by atoms with van der Waals surface area (Å²) in [7, 11) is 1.63. The lowest BCUT2D eigenvalue weighted by molar-refractivity contribution is -0.113. The molecule has 0 aromatic heterocycles. The molecular formula is C24H19BrN2O2. The predicted octanol–water partition coefficient (Wildman–Crippen LogP) is 5.60. The Hall–Kier alpha value is -3.18. The van der Waals surface area contributed by atoms with Crippen molar-refractivity contribution in [3.63, 3.8) is 0 Å². The predicted molar refractivity (Wildman–Crippen MR) is 120 cm³/mol. The maximum Gasteiger partial charge on any atom is 0.282 e. The summed E-state index contributed by atoms with van der Waals surface area (Å²) in [5.41, 5.74) is 4.02. The molecule has 0 saturated carbocycles. The third kappa shape index (κ3) is 4.00. The van der Waals surface area contributed by atoms with E-state index in [9.17, 15) is 4.79 Å². The Balaban J connectivity index is 1.82. The van der Waals surface area contributed by atoms with Crippen LogP contribution < -0.4 is 9.64 Å². The lowest BCUT2D eigenvalue weighted by atomic mass is 10.1. The fourth-order valence-electron chi connectivity index (χ4n) is 3.21. The van der Waals surface area contributed by atoms with Crippen LogP contribution in [0.1, 0.15) is 16.7 Å². The number of halogens is 1. The number of hydrogen-bond acceptors (Lipinski definition) is 3. The smallest absolute Gasteiger partial charge is 0.282 e. The fraction of sp³-hybridized carbons (Fsp3) is 0.0833. The van der Waals surface area contributed by atoms with Crippen LogP contribution in [0.15, 0.2) is 88.0 Å². The molecule has 0 radical (unpaired) electrons. The van der Waals surface area contributed by atoms with E-state index in [-0.39, 0.29) is 5.91 Å². The number of nitrogens with zero attached hydrogens (tertiary/aromatic N) is 2. The van der Waals surface area contributed by atoms with Gasteiger partial charge in [0.25, 0.3) is 5.91 Å². The number of aliphatic imine (C=N–C) groups is 1. The van der Waals surface area contributed by atoms with Gasteiger partial charge in [-0.25, -0.2) is 4.99 Å². The molecule has 144 valence electrons. The Morgan fingerprint density at radius 1 is 1.00 bits per heavy atom. The van der Waals surface area contributed by atoms with Crippen LogP contribution in [0.5, 0.6) is 5.75 Å². The summed E-state index contributed by atoms with van der Waals surface area (Å²) < 4.78 is 6.21. The van der Waals surface area contributed by atoms with Crippen molar-refractivity contribution in [3.8, 4) is 5.75 Å². The highest BCUT2D eigenvalue weighted by molar-refractivity contribution is 9.10. The van der Waals surface area contributed by atoms with E-state index in [1.165, 1.54) is 0 Å². The van der Waals surface area contributed by atoms with Crippen molar-refractivity contribution in [2.45, 2.75) is 6.92 Å². The van der Waals surface area contributed by atoms with Crippen LogP contribution >= 0.6 is 15.9 Å². The summed E-state index contributed by atoms with van der Waals surface area (Å²) in [6, 6.07) is 23.2. The second-order valence-electron chi connectivity index (χ2n) is 6.73. The van der Waals surface area contributed by atoms with Crippen molar-refractivity contribution < 1.29 is 9.53 Å². The van der Waals surface area contributed by atoms with Gasteiger partial charge in [0.1, 0.15) is 17.3 Å². The average molecular weight is 447 g/mol. The summed E-state index contributed by atoms with van der Waals surface area (Å²) >= 11 is 3.47. The van der Waals surface area contributed by atoms with Crippen LogP contribution in [0.25, 0.3) is 6.08 Å². The van der Waals surface area contributed by atoms with Crippen molar-refractivity contribution in [2.24, 2.45) is 4.99 Å². The first kappa shape index (κ1) is 19.2. The molecule has 5 heteroatoms. The molecule has 1 heterocycles. The monoisotopic (exact) mass is 446 g/mol. The zero-order valence-corrected chi connectivity index (χ0v) is 17.7. The number of hydrogen-bond donors (Lipinski definition) is 0. The molecule has 4 rings (SSSR count). The third-order valence-corrected chi connectivity index (χ3v) is 5.11. The highest BCUT2D eigenvalue weighted by atomic mass is 79.9. The van der Waals surface area contributed by atoms with Crippen molar-refractivity contribution in [3.05, 3.63) is 99.7 Å². The quantitative estimate of drug-likeness (QED) is 0.489. The molecule has 0 saturated heterocycles. The second-order valence-corrected chi connectivity index (χ2v) is 7.64. The number of aryl methyl sites for hydroxylation is 1. The third-order valence-electron chi connectivity index (χ3n) is 4.62. The minimum atomic E-state index is -0.151. The average Bonchev–Trinajstić information content (AvgIpc) is 3.04. The molecule has 0 spiro atoms. The zero-order chi connectivity index (χ0) is 20.4. The van der Waals surface area contributed by atoms with E-state index in [1.54, 1.807) is 12.0 Å². The molecule has 1 amide bonds. The minimum absolute atomic E-state index is 0.151. The number of benzene rings is 3. The number of amides is 1. The van der Waals surface area contributed by atoms with Crippen LogP contribution in [-0.4, -0.2) is 18.9 Å². The molecule has 3 aromatic carbocycles. The van der Waals surface area contributed by atoms with Gasteiger partial charge < -0.3 is 4.74 Å². The van der Waals surface area contributed by atoms with Crippen LogP contribution in [0.3, 0.4) is 0 Å². The molecule has 29 heavy (non-hydrogen) atoms. The van der Waals surface area contributed by atoms with Gasteiger partial charge in [-0.3, -0.25) is 9.69 Å². The number of carbonyl (C=O) groups is 1. The van der Waals surface area contributed by atoms with Crippen molar-refractivity contribution >= 4 is 39.4 Å². The standard InChI is InChI=1S/C24H19BrN2O2/c1-16-5-3-8-20(13-16)27-23(18-9-11-21(29-2)12-10-18)26-22(24(27)28)15-17-6-4-7-19(25)14-17/h3-15H,1-2H3/b22-15+. The first-order chi connectivity index (χ1) is 14.0. The SMILES string of the molecule is COc1ccc(C2=N/C(=C/c3cccc(Br)c3)C(=O)N2c2cccc(C)c2)cc1. The summed E-state index contributed by atoms with van der Waals surface area (Å²) in [6.45, 7) is 2.01. The number of ether oxygens (including phenoxy) is 1. The molecule has 1 aliphatic rings. The first-order valence-electron chi connectivity index (χ1n) is 9.16. The van der Waals surface area contributed by atoms with Crippen LogP contribution in [0.2, 0.25) is 0 Å². The Morgan fingerprint density at radius 3 is 2.45 bits per heavy atom. The van der Waals surface area contributed by atoms with Gasteiger partial charge in [-0.2, -0.15) is 0 Å². The van der Waals surface area contributed by atoms with Gasteiger partial charge >= 0.3 is 0 Å². The summed E-state index contributed by atoms with van der Waals surface area (Å²) in [5, 5.41) is 0. The van der Waals surface area contributed by atoms with Gasteiger partial charge in [-0.1, -0.05) is 40.2 Å². The van der Waals surface area contributed by atoms with E-state index in [1.807, 2.05) is 85.8 Å². The van der Waals surface area contributed by atoms with E-state index in [2.05, 4.69) is 15.9 Å². The first-order valence-corrected chi connectivity index (χ1v) is 9.96. The Bertz CT molecular complexity index is 1130. The van der Waals surface area contributed by atoms with Crippen LogP contribution in [-0.2, 0) is 4.79 Å². The molecule has 0 unspecified atom stereocenters. The molecule has 0 N–H and O–H groups in total. The van der Waals surface area contributed by atoms with Gasteiger partial charge in [0.15, 0.2) is 0 Å². The largest absolute Gasteiger partial charge is 0.497 e. The molecule has 0 atom stereocenters. The van der Waals surface area contributed by atoms with Gasteiger partial charge in [0.05, 0.1) is 12.8 Å². The van der Waals surface area contributed by atoms with Crippen LogP contribution in [0, 0.1) is 6.92 Å². The molecular weight excluding hydrogens is 428 g/mol. The second kappa shape index (κ2) is 8.05. The van der Waals surface area contributed by atoms with Crippen LogP contribution in [0.4, 0.5) is 5.69 Å². The topological polar surface area (TPSA) is 41.9 Å². The van der Waals surface area contributed by atoms with E-state index >= 15 is 0 Å². The molecule has 3 aromatic rings. The number of amidine groups is 1. The molecule has 1 aliphatic heterocycles. The summed E-state index contributed by atoms with van der Waals surface area (Å²) in [4.78, 5) is 19.7. The van der Waals surface area contributed by atoms with Crippen molar-refractivity contribution in [1.29, 1.82) is 0 Å². The van der Waals surface area contributed by atoms with Crippen molar-refractivity contribution in [2.75, 3.05) is 12.0 Å². The van der Waals surface area contributed by atoms with Gasteiger partial charge in [0, 0.05) is 10.0 Å². The fourth-order valence-corrected chi connectivity index (χ4v) is 3.63. The number of anilines is 1.